The van der Waals surface area contributed by atoms with E-state index in [0.29, 0.717) is 5.92 Å². The van der Waals surface area contributed by atoms with Crippen LogP contribution in [-0.2, 0) is 5.41 Å². The summed E-state index contributed by atoms with van der Waals surface area (Å²) in [6.07, 6.45) is 5.86. The first-order chi connectivity index (χ1) is 14.0. The first-order valence-electron chi connectivity index (χ1n) is 10.7. The second-order valence-corrected chi connectivity index (χ2v) is 8.91. The van der Waals surface area contributed by atoms with Gasteiger partial charge in [0.2, 0.25) is 0 Å². The summed E-state index contributed by atoms with van der Waals surface area (Å²) in [4.78, 5) is 0. The average molecular weight is 377 g/mol. The van der Waals surface area contributed by atoms with Crippen LogP contribution in [0.2, 0.25) is 0 Å². The lowest BCUT2D eigenvalue weighted by atomic mass is 9.64. The van der Waals surface area contributed by atoms with Gasteiger partial charge in [-0.05, 0) is 72.1 Å². The molecule has 0 saturated heterocycles. The van der Waals surface area contributed by atoms with Crippen LogP contribution in [0.1, 0.15) is 52.3 Å². The molecule has 29 heavy (non-hydrogen) atoms. The predicted molar refractivity (Wildman–Crippen MR) is 123 cm³/mol. The summed E-state index contributed by atoms with van der Waals surface area (Å²) in [6, 6.07) is 25.3. The summed E-state index contributed by atoms with van der Waals surface area (Å²) in [5, 5.41) is 0. The van der Waals surface area contributed by atoms with Gasteiger partial charge >= 0.3 is 0 Å². The van der Waals surface area contributed by atoms with E-state index in [1.54, 1.807) is 5.57 Å². The highest BCUT2D eigenvalue weighted by atomic mass is 14.5. The minimum atomic E-state index is -0.212. The quantitative estimate of drug-likeness (QED) is 0.440. The largest absolute Gasteiger partial charge is 0.0808 e. The summed E-state index contributed by atoms with van der Waals surface area (Å²) in [6.45, 7) is 8.96. The zero-order valence-corrected chi connectivity index (χ0v) is 17.8. The van der Waals surface area contributed by atoms with Crippen LogP contribution in [0.5, 0.6) is 0 Å². The Balaban J connectivity index is 1.94. The molecule has 0 heterocycles. The summed E-state index contributed by atoms with van der Waals surface area (Å²) in [5.74, 6) is 0.554. The molecule has 0 radical (unpaired) electrons. The Morgan fingerprint density at radius 3 is 1.93 bits per heavy atom. The third-order valence-corrected chi connectivity index (χ3v) is 6.80. The zero-order valence-electron chi connectivity index (χ0n) is 17.8. The third kappa shape index (κ3) is 2.59. The molecule has 2 aliphatic carbocycles. The molecule has 0 amide bonds. The van der Waals surface area contributed by atoms with E-state index in [1.165, 1.54) is 44.5 Å². The molecule has 0 spiro atoms. The van der Waals surface area contributed by atoms with Gasteiger partial charge in [0.05, 0.1) is 5.41 Å². The summed E-state index contributed by atoms with van der Waals surface area (Å²) in [7, 11) is 0. The van der Waals surface area contributed by atoms with E-state index in [9.17, 15) is 0 Å². The molecule has 0 aromatic heterocycles. The molecular weight excluding hydrogens is 348 g/mol. The van der Waals surface area contributed by atoms with Crippen LogP contribution >= 0.6 is 0 Å². The van der Waals surface area contributed by atoms with Crippen molar-refractivity contribution >= 4 is 5.57 Å². The summed E-state index contributed by atoms with van der Waals surface area (Å²) < 4.78 is 0. The molecule has 3 aromatic rings. The molecule has 3 aromatic carbocycles. The van der Waals surface area contributed by atoms with Gasteiger partial charge in [0.1, 0.15) is 0 Å². The molecule has 1 unspecified atom stereocenters. The first kappa shape index (κ1) is 18.2. The molecule has 144 valence electrons. The fourth-order valence-corrected chi connectivity index (χ4v) is 5.42. The third-order valence-electron chi connectivity index (χ3n) is 6.80. The van der Waals surface area contributed by atoms with Crippen LogP contribution in [0, 0.1) is 26.7 Å². The van der Waals surface area contributed by atoms with Crippen molar-refractivity contribution in [1.82, 2.24) is 0 Å². The summed E-state index contributed by atoms with van der Waals surface area (Å²) >= 11 is 0. The van der Waals surface area contributed by atoms with E-state index < -0.39 is 0 Å². The zero-order chi connectivity index (χ0) is 20.2. The van der Waals surface area contributed by atoms with Gasteiger partial charge in [-0.2, -0.15) is 0 Å². The van der Waals surface area contributed by atoms with Crippen molar-refractivity contribution in [1.29, 1.82) is 0 Å². The van der Waals surface area contributed by atoms with Gasteiger partial charge in [0, 0.05) is 0 Å². The molecule has 0 N–H and O–H groups in total. The topological polar surface area (TPSA) is 0 Å². The van der Waals surface area contributed by atoms with Crippen LogP contribution in [0.4, 0.5) is 0 Å². The molecule has 0 heteroatoms. The first-order valence-corrected chi connectivity index (χ1v) is 10.7. The van der Waals surface area contributed by atoms with Gasteiger partial charge in [-0.25, -0.2) is 0 Å². The molecule has 5 rings (SSSR count). The van der Waals surface area contributed by atoms with Crippen LogP contribution < -0.4 is 0 Å². The van der Waals surface area contributed by atoms with Gasteiger partial charge in [0.25, 0.3) is 0 Å². The van der Waals surface area contributed by atoms with Crippen molar-refractivity contribution in [3.8, 4) is 0 Å². The van der Waals surface area contributed by atoms with Gasteiger partial charge in [-0.1, -0.05) is 96.9 Å². The number of rotatable bonds is 2. The number of hydrogen-bond donors (Lipinski definition) is 0. The molecular formula is C29H28. The lowest BCUT2D eigenvalue weighted by Gasteiger charge is -2.38. The Morgan fingerprint density at radius 2 is 1.34 bits per heavy atom. The molecule has 0 nitrogen and oxygen atoms in total. The maximum Gasteiger partial charge on any atom is 0.0679 e. The Bertz CT molecular complexity index is 1090. The maximum absolute atomic E-state index is 2.38. The monoisotopic (exact) mass is 376 g/mol. The molecule has 2 aliphatic rings. The minimum absolute atomic E-state index is 0.212. The van der Waals surface area contributed by atoms with Gasteiger partial charge in [-0.3, -0.25) is 0 Å². The number of hydrogen-bond acceptors (Lipinski definition) is 0. The highest BCUT2D eigenvalue weighted by Gasteiger charge is 2.48. The normalized spacial score (nSPS) is 19.2. The van der Waals surface area contributed by atoms with E-state index in [1.807, 2.05) is 0 Å². The minimum Gasteiger partial charge on any atom is -0.0808 e. The molecule has 1 atom stereocenters. The Hall–Kier alpha value is -2.86. The molecule has 0 fully saturated rings. The fraction of sp³-hybridized carbons (Fsp3) is 0.241. The maximum atomic E-state index is 2.38. The predicted octanol–water partition coefficient (Wildman–Crippen LogP) is 7.31. The van der Waals surface area contributed by atoms with Crippen LogP contribution in [0.15, 0.2) is 84.5 Å². The molecule has 0 saturated carbocycles. The lowest BCUT2D eigenvalue weighted by Crippen LogP contribution is -2.31. The SMILES string of the molecule is Cc1ccc(C2(c3ccc(C)cc3)C3=C(C=CC(C)C3)c3cccc(C)c32)cc1. The van der Waals surface area contributed by atoms with Crippen LogP contribution in [-0.4, -0.2) is 0 Å². The Labute approximate surface area is 174 Å². The van der Waals surface area contributed by atoms with Crippen molar-refractivity contribution in [3.05, 3.63) is 123 Å². The summed E-state index contributed by atoms with van der Waals surface area (Å²) in [5.41, 5.74) is 12.4. The number of aryl methyl sites for hydroxylation is 3. The number of allylic oxidation sites excluding steroid dienone is 4. The highest BCUT2D eigenvalue weighted by Crippen LogP contribution is 2.58. The second-order valence-electron chi connectivity index (χ2n) is 8.91. The van der Waals surface area contributed by atoms with Crippen LogP contribution in [0.25, 0.3) is 5.57 Å². The van der Waals surface area contributed by atoms with Crippen molar-refractivity contribution < 1.29 is 0 Å². The standard InChI is InChI=1S/C29H28/c1-19-8-13-23(14-9-19)29(24-15-10-20(2)11-16-24)27-18-21(3)12-17-25(27)26-7-5-6-22(4)28(26)29/h5-17,21H,18H2,1-4H3. The van der Waals surface area contributed by atoms with Crippen molar-refractivity contribution in [2.45, 2.75) is 39.5 Å². The fourth-order valence-electron chi connectivity index (χ4n) is 5.42. The smallest absolute Gasteiger partial charge is 0.0679 e. The van der Waals surface area contributed by atoms with Crippen LogP contribution in [0.3, 0.4) is 0 Å². The number of benzene rings is 3. The van der Waals surface area contributed by atoms with Gasteiger partial charge < -0.3 is 0 Å². The highest BCUT2D eigenvalue weighted by molar-refractivity contribution is 5.91. The average Bonchev–Trinajstić information content (AvgIpc) is 3.01. The Morgan fingerprint density at radius 1 is 0.759 bits per heavy atom. The van der Waals surface area contributed by atoms with Crippen molar-refractivity contribution in [2.24, 2.45) is 5.92 Å². The van der Waals surface area contributed by atoms with Gasteiger partial charge in [-0.15, -0.1) is 0 Å². The lowest BCUT2D eigenvalue weighted by molar-refractivity contribution is 0.620. The molecule has 0 aliphatic heterocycles. The van der Waals surface area contributed by atoms with Crippen molar-refractivity contribution in [2.75, 3.05) is 0 Å². The molecule has 0 bridgehead atoms. The van der Waals surface area contributed by atoms with Crippen molar-refractivity contribution in [3.63, 3.8) is 0 Å². The van der Waals surface area contributed by atoms with E-state index >= 15 is 0 Å². The van der Waals surface area contributed by atoms with Gasteiger partial charge in [0.15, 0.2) is 0 Å². The van der Waals surface area contributed by atoms with E-state index in [-0.39, 0.29) is 5.41 Å². The second kappa shape index (κ2) is 6.59. The van der Waals surface area contributed by atoms with E-state index in [4.69, 9.17) is 0 Å². The number of fused-ring (bicyclic) bond motifs is 2. The van der Waals surface area contributed by atoms with E-state index in [0.717, 1.165) is 6.42 Å². The van der Waals surface area contributed by atoms with E-state index in [2.05, 4.69) is 107 Å². The Kier molecular flexibility index (Phi) is 4.13.